The molecule has 4 rings (SSSR count). The zero-order valence-electron chi connectivity index (χ0n) is 22.3. The molecule has 0 aliphatic heterocycles. The van der Waals surface area contributed by atoms with Gasteiger partial charge in [0.05, 0.1) is 6.20 Å². The van der Waals surface area contributed by atoms with E-state index < -0.39 is 0 Å². The topological polar surface area (TPSA) is 33.1 Å². The number of benzene rings is 2. The van der Waals surface area contributed by atoms with E-state index in [4.69, 9.17) is 12.2 Å². The summed E-state index contributed by atoms with van der Waals surface area (Å²) >= 11 is 7.61. The molecule has 0 atom stereocenters. The molecule has 0 amide bonds. The molecule has 4 nitrogen and oxygen atoms in total. The highest BCUT2D eigenvalue weighted by Gasteiger charge is 2.12. The number of nitrogens with one attached hydrogen (secondary N) is 1. The smallest absolute Gasteiger partial charge is 0.110 e. The van der Waals surface area contributed by atoms with Gasteiger partial charge in [0.25, 0.3) is 0 Å². The van der Waals surface area contributed by atoms with Crippen LogP contribution in [-0.4, -0.2) is 39.8 Å². The van der Waals surface area contributed by atoms with Gasteiger partial charge in [0.2, 0.25) is 0 Å². The summed E-state index contributed by atoms with van der Waals surface area (Å²) in [5.41, 5.74) is 6.19. The van der Waals surface area contributed by atoms with Crippen LogP contribution in [-0.2, 0) is 12.8 Å². The summed E-state index contributed by atoms with van der Waals surface area (Å²) in [5, 5.41) is 9.28. The van der Waals surface area contributed by atoms with Gasteiger partial charge in [0.1, 0.15) is 4.99 Å². The normalized spacial score (nSPS) is 11.8. The lowest BCUT2D eigenvalue weighted by Crippen LogP contribution is -2.23. The van der Waals surface area contributed by atoms with Gasteiger partial charge in [-0.15, -0.1) is 11.3 Å². The van der Waals surface area contributed by atoms with E-state index in [9.17, 15) is 0 Å². The Morgan fingerprint density at radius 1 is 1.06 bits per heavy atom. The van der Waals surface area contributed by atoms with Crippen LogP contribution in [0.3, 0.4) is 0 Å². The van der Waals surface area contributed by atoms with Gasteiger partial charge >= 0.3 is 0 Å². The van der Waals surface area contributed by atoms with Gasteiger partial charge in [-0.25, -0.2) is 0 Å². The third kappa shape index (κ3) is 6.41. The fourth-order valence-electron chi connectivity index (χ4n) is 4.41. The molecule has 0 saturated heterocycles. The fourth-order valence-corrected chi connectivity index (χ4v) is 5.75. The maximum absolute atomic E-state index is 5.72. The number of hydrogen-bond acceptors (Lipinski definition) is 4. The Labute approximate surface area is 225 Å². The molecule has 2 aromatic carbocycles. The van der Waals surface area contributed by atoms with Crippen LogP contribution in [0.5, 0.6) is 0 Å². The highest BCUT2D eigenvalue weighted by atomic mass is 32.1. The summed E-state index contributed by atoms with van der Waals surface area (Å²) in [5.74, 6) is 0.520. The van der Waals surface area contributed by atoms with Crippen molar-refractivity contribution in [2.24, 2.45) is 0 Å². The predicted molar refractivity (Wildman–Crippen MR) is 160 cm³/mol. The predicted octanol–water partition coefficient (Wildman–Crippen LogP) is 7.62. The molecular formula is C30H38N4S2. The Bertz CT molecular complexity index is 1310. The molecule has 36 heavy (non-hydrogen) atoms. The van der Waals surface area contributed by atoms with Crippen molar-refractivity contribution < 1.29 is 0 Å². The quantitative estimate of drug-likeness (QED) is 0.219. The molecule has 0 saturated carbocycles. The van der Waals surface area contributed by atoms with E-state index in [1.165, 1.54) is 31.7 Å². The molecule has 0 unspecified atom stereocenters. The third-order valence-corrected chi connectivity index (χ3v) is 8.27. The van der Waals surface area contributed by atoms with E-state index in [0.717, 1.165) is 42.2 Å². The molecule has 4 aromatic rings. The van der Waals surface area contributed by atoms with Crippen LogP contribution in [0.2, 0.25) is 0 Å². The number of nitrogens with zero attached hydrogens (tertiary/aromatic N) is 3. The first-order valence-corrected chi connectivity index (χ1v) is 14.1. The number of fused-ring (bicyclic) bond motifs is 1. The van der Waals surface area contributed by atoms with Crippen molar-refractivity contribution in [3.8, 4) is 0 Å². The highest BCUT2D eigenvalue weighted by molar-refractivity contribution is 7.81. The van der Waals surface area contributed by atoms with Crippen molar-refractivity contribution in [3.63, 3.8) is 0 Å². The molecule has 190 valence electrons. The minimum Gasteiger partial charge on any atom is -0.346 e. The van der Waals surface area contributed by atoms with Crippen molar-refractivity contribution in [1.29, 1.82) is 0 Å². The van der Waals surface area contributed by atoms with Gasteiger partial charge in [-0.05, 0) is 86.9 Å². The summed E-state index contributed by atoms with van der Waals surface area (Å²) in [4.78, 5) is 4.59. The van der Waals surface area contributed by atoms with Crippen LogP contribution in [0.25, 0.3) is 10.1 Å². The maximum atomic E-state index is 5.72. The molecule has 0 aliphatic rings. The first-order valence-electron chi connectivity index (χ1n) is 12.9. The van der Waals surface area contributed by atoms with Gasteiger partial charge < -0.3 is 10.2 Å². The first-order chi connectivity index (χ1) is 17.2. The minimum atomic E-state index is 0.408. The van der Waals surface area contributed by atoms with Gasteiger partial charge in [-0.2, -0.15) is 5.10 Å². The van der Waals surface area contributed by atoms with E-state index in [2.05, 4.69) is 106 Å². The Hall–Kier alpha value is -2.54. The standard InChI is InChI=1S/C30H38N4S2/c1-20(2)24-7-9-25(10-8-24)30(35)32-26-11-12-29-28(17-26)27(22(5)36-29)14-16-33(6)15-13-23-18-31-34(19-23)21(3)4/h7-12,17-21H,13-16H2,1-6H3,(H,32,35). The van der Waals surface area contributed by atoms with Crippen LogP contribution in [0.4, 0.5) is 5.69 Å². The van der Waals surface area contributed by atoms with Gasteiger partial charge in [-0.3, -0.25) is 4.68 Å². The number of anilines is 1. The number of rotatable bonds is 10. The molecule has 0 spiro atoms. The zero-order valence-corrected chi connectivity index (χ0v) is 24.0. The van der Waals surface area contributed by atoms with Gasteiger partial charge in [0, 0.05) is 46.2 Å². The summed E-state index contributed by atoms with van der Waals surface area (Å²) in [6.45, 7) is 13.0. The summed E-state index contributed by atoms with van der Waals surface area (Å²) < 4.78 is 3.37. The second-order valence-corrected chi connectivity index (χ2v) is 12.0. The van der Waals surface area contributed by atoms with E-state index in [1.807, 2.05) is 22.2 Å². The molecule has 0 bridgehead atoms. The number of thiocarbonyl (C=S) groups is 1. The molecule has 2 heterocycles. The summed E-state index contributed by atoms with van der Waals surface area (Å²) in [7, 11) is 2.22. The lowest BCUT2D eigenvalue weighted by molar-refractivity contribution is 0.343. The Kier molecular flexibility index (Phi) is 8.60. The number of likely N-dealkylation sites (N-methyl/N-ethyl adjacent to an activating group) is 1. The molecule has 2 aromatic heterocycles. The Morgan fingerprint density at radius 3 is 2.44 bits per heavy atom. The molecule has 0 radical (unpaired) electrons. The number of aromatic nitrogens is 2. The summed E-state index contributed by atoms with van der Waals surface area (Å²) in [6.07, 6.45) is 6.24. The minimum absolute atomic E-state index is 0.408. The highest BCUT2D eigenvalue weighted by Crippen LogP contribution is 2.33. The van der Waals surface area contributed by atoms with E-state index >= 15 is 0 Å². The zero-order chi connectivity index (χ0) is 25.8. The average molecular weight is 519 g/mol. The van der Waals surface area contributed by atoms with E-state index in [-0.39, 0.29) is 0 Å². The van der Waals surface area contributed by atoms with Crippen molar-refractivity contribution in [3.05, 3.63) is 82.0 Å². The van der Waals surface area contributed by atoms with Crippen molar-refractivity contribution in [1.82, 2.24) is 14.7 Å². The second-order valence-electron chi connectivity index (χ2n) is 10.3. The average Bonchev–Trinajstić information content (AvgIpc) is 3.45. The van der Waals surface area contributed by atoms with Crippen LogP contribution in [0.1, 0.15) is 66.8 Å². The molecule has 1 N–H and O–H groups in total. The molecule has 6 heteroatoms. The SMILES string of the molecule is Cc1sc2ccc(NC(=S)c3ccc(C(C)C)cc3)cc2c1CCN(C)CCc1cnn(C(C)C)c1. The molecular weight excluding hydrogens is 480 g/mol. The lowest BCUT2D eigenvalue weighted by atomic mass is 10.0. The number of thiophene rings is 1. The largest absolute Gasteiger partial charge is 0.346 e. The van der Waals surface area contributed by atoms with Gasteiger partial charge in [-0.1, -0.05) is 50.3 Å². The number of hydrogen-bond donors (Lipinski definition) is 1. The van der Waals surface area contributed by atoms with Crippen molar-refractivity contribution in [2.45, 2.75) is 59.4 Å². The Balaban J connectivity index is 1.39. The number of aryl methyl sites for hydroxylation is 1. The maximum Gasteiger partial charge on any atom is 0.110 e. The first kappa shape index (κ1) is 26.5. The van der Waals surface area contributed by atoms with Crippen molar-refractivity contribution in [2.75, 3.05) is 25.5 Å². The van der Waals surface area contributed by atoms with Crippen LogP contribution >= 0.6 is 23.6 Å². The lowest BCUT2D eigenvalue weighted by Gasteiger charge is -2.16. The van der Waals surface area contributed by atoms with Crippen LogP contribution in [0, 0.1) is 6.92 Å². The van der Waals surface area contributed by atoms with Crippen LogP contribution < -0.4 is 5.32 Å². The summed E-state index contributed by atoms with van der Waals surface area (Å²) in [6, 6.07) is 15.6. The molecule has 0 aliphatic carbocycles. The van der Waals surface area contributed by atoms with Gasteiger partial charge in [0.15, 0.2) is 0 Å². The molecule has 0 fully saturated rings. The Morgan fingerprint density at radius 2 is 1.78 bits per heavy atom. The third-order valence-electron chi connectivity index (χ3n) is 6.80. The van der Waals surface area contributed by atoms with Crippen molar-refractivity contribution >= 4 is 44.3 Å². The monoisotopic (exact) mass is 518 g/mol. The fraction of sp³-hybridized carbons (Fsp3) is 0.400. The van der Waals surface area contributed by atoms with E-state index in [0.29, 0.717) is 12.0 Å². The second kappa shape index (κ2) is 11.7. The van der Waals surface area contributed by atoms with Crippen LogP contribution in [0.15, 0.2) is 54.9 Å². The van der Waals surface area contributed by atoms with E-state index in [1.54, 1.807) is 0 Å².